The van der Waals surface area contributed by atoms with Crippen molar-refractivity contribution >= 4 is 5.82 Å². The number of benzene rings is 1. The van der Waals surface area contributed by atoms with E-state index in [2.05, 4.69) is 9.97 Å². The number of hydrogen-bond acceptors (Lipinski definition) is 4. The Labute approximate surface area is 87.7 Å². The fraction of sp³-hybridized carbons (Fsp3) is 0.0909. The van der Waals surface area contributed by atoms with Crippen LogP contribution in [0.1, 0.15) is 5.56 Å². The third-order valence-electron chi connectivity index (χ3n) is 1.94. The summed E-state index contributed by atoms with van der Waals surface area (Å²) in [6.45, 7) is 1.97. The Bertz CT molecular complexity index is 471. The summed E-state index contributed by atoms with van der Waals surface area (Å²) < 4.78 is 5.54. The van der Waals surface area contributed by atoms with Gasteiger partial charge in [-0.25, -0.2) is 0 Å². The van der Waals surface area contributed by atoms with Crippen LogP contribution in [0.3, 0.4) is 0 Å². The number of aromatic nitrogens is 2. The first-order valence-corrected chi connectivity index (χ1v) is 4.57. The van der Waals surface area contributed by atoms with Crippen molar-refractivity contribution < 1.29 is 4.74 Å². The van der Waals surface area contributed by atoms with Crippen LogP contribution in [0.15, 0.2) is 36.7 Å². The highest BCUT2D eigenvalue weighted by Gasteiger charge is 2.01. The van der Waals surface area contributed by atoms with E-state index >= 15 is 0 Å². The summed E-state index contributed by atoms with van der Waals surface area (Å²) in [6.07, 6.45) is 3.01. The zero-order chi connectivity index (χ0) is 10.7. The van der Waals surface area contributed by atoms with Gasteiger partial charge in [0.2, 0.25) is 5.88 Å². The summed E-state index contributed by atoms with van der Waals surface area (Å²) in [7, 11) is 0. The van der Waals surface area contributed by atoms with Gasteiger partial charge in [0.1, 0.15) is 11.6 Å². The van der Waals surface area contributed by atoms with Crippen molar-refractivity contribution in [2.75, 3.05) is 5.73 Å². The summed E-state index contributed by atoms with van der Waals surface area (Å²) in [6, 6.07) is 7.70. The average molecular weight is 201 g/mol. The molecule has 1 heterocycles. The fourth-order valence-corrected chi connectivity index (χ4v) is 1.20. The molecule has 0 radical (unpaired) electrons. The van der Waals surface area contributed by atoms with Crippen molar-refractivity contribution in [2.45, 2.75) is 6.92 Å². The first-order chi connectivity index (χ1) is 7.25. The Hall–Kier alpha value is -2.10. The molecular weight excluding hydrogens is 190 g/mol. The van der Waals surface area contributed by atoms with E-state index in [9.17, 15) is 0 Å². The average Bonchev–Trinajstić information content (AvgIpc) is 2.22. The number of anilines is 1. The zero-order valence-corrected chi connectivity index (χ0v) is 8.34. The maximum absolute atomic E-state index is 5.54. The van der Waals surface area contributed by atoms with E-state index in [4.69, 9.17) is 10.5 Å². The summed E-state index contributed by atoms with van der Waals surface area (Å²) in [5, 5.41) is 0. The van der Waals surface area contributed by atoms with Crippen LogP contribution < -0.4 is 10.5 Å². The van der Waals surface area contributed by atoms with Crippen LogP contribution in [0.25, 0.3) is 0 Å². The molecule has 0 fully saturated rings. The molecule has 0 aliphatic heterocycles. The summed E-state index contributed by atoms with van der Waals surface area (Å²) in [5.41, 5.74) is 6.54. The molecule has 0 bridgehead atoms. The molecule has 4 nitrogen and oxygen atoms in total. The molecule has 0 aliphatic rings. The molecule has 2 rings (SSSR count). The Morgan fingerprint density at radius 1 is 1.20 bits per heavy atom. The lowest BCUT2D eigenvalue weighted by Crippen LogP contribution is -1.95. The Morgan fingerprint density at radius 3 is 2.73 bits per heavy atom. The predicted octanol–water partition coefficient (Wildman–Crippen LogP) is 2.16. The van der Waals surface area contributed by atoms with Gasteiger partial charge in [-0.15, -0.1) is 0 Å². The smallest absolute Gasteiger partial charge is 0.239 e. The largest absolute Gasteiger partial charge is 0.437 e. The predicted molar refractivity (Wildman–Crippen MR) is 57.7 cm³/mol. The second-order valence-corrected chi connectivity index (χ2v) is 3.15. The van der Waals surface area contributed by atoms with Crippen molar-refractivity contribution in [3.05, 3.63) is 42.2 Å². The maximum atomic E-state index is 5.54. The minimum atomic E-state index is 0.348. The molecule has 0 spiro atoms. The first-order valence-electron chi connectivity index (χ1n) is 4.57. The normalized spacial score (nSPS) is 9.93. The third kappa shape index (κ3) is 2.22. The molecule has 2 N–H and O–H groups in total. The zero-order valence-electron chi connectivity index (χ0n) is 8.34. The van der Waals surface area contributed by atoms with E-state index < -0.39 is 0 Å². The van der Waals surface area contributed by atoms with Crippen molar-refractivity contribution in [3.63, 3.8) is 0 Å². The number of ether oxygens (including phenoxy) is 1. The SMILES string of the molecule is Cc1ccccc1Oc1cncc(N)n1. The summed E-state index contributed by atoms with van der Waals surface area (Å²) >= 11 is 0. The van der Waals surface area contributed by atoms with Crippen LogP contribution in [0, 0.1) is 6.92 Å². The highest BCUT2D eigenvalue weighted by molar-refractivity contribution is 5.35. The van der Waals surface area contributed by atoms with E-state index in [0.717, 1.165) is 11.3 Å². The van der Waals surface area contributed by atoms with Gasteiger partial charge < -0.3 is 10.5 Å². The van der Waals surface area contributed by atoms with Crippen molar-refractivity contribution in [1.82, 2.24) is 9.97 Å². The van der Waals surface area contributed by atoms with Crippen molar-refractivity contribution in [3.8, 4) is 11.6 Å². The number of nitrogens with two attached hydrogens (primary N) is 1. The highest BCUT2D eigenvalue weighted by atomic mass is 16.5. The van der Waals surface area contributed by atoms with Crippen LogP contribution in [0.5, 0.6) is 11.6 Å². The van der Waals surface area contributed by atoms with Gasteiger partial charge in [0.15, 0.2) is 0 Å². The minimum absolute atomic E-state index is 0.348. The second kappa shape index (κ2) is 3.96. The molecular formula is C11H11N3O. The van der Waals surface area contributed by atoms with Gasteiger partial charge in [-0.2, -0.15) is 4.98 Å². The van der Waals surface area contributed by atoms with Crippen LogP contribution in [-0.2, 0) is 0 Å². The lowest BCUT2D eigenvalue weighted by Gasteiger charge is -2.06. The number of rotatable bonds is 2. The number of hydrogen-bond donors (Lipinski definition) is 1. The number of para-hydroxylation sites is 1. The molecule has 0 saturated carbocycles. The molecule has 0 saturated heterocycles. The van der Waals surface area contributed by atoms with Gasteiger partial charge in [-0.05, 0) is 18.6 Å². The van der Waals surface area contributed by atoms with Gasteiger partial charge in [-0.3, -0.25) is 4.98 Å². The van der Waals surface area contributed by atoms with Gasteiger partial charge in [0, 0.05) is 0 Å². The number of nitrogen functional groups attached to an aromatic ring is 1. The highest BCUT2D eigenvalue weighted by Crippen LogP contribution is 2.22. The minimum Gasteiger partial charge on any atom is -0.437 e. The maximum Gasteiger partial charge on any atom is 0.239 e. The van der Waals surface area contributed by atoms with Crippen LogP contribution in [0.2, 0.25) is 0 Å². The van der Waals surface area contributed by atoms with Gasteiger partial charge >= 0.3 is 0 Å². The Kier molecular flexibility index (Phi) is 2.49. The van der Waals surface area contributed by atoms with Gasteiger partial charge in [0.05, 0.1) is 12.4 Å². The Morgan fingerprint density at radius 2 is 2.00 bits per heavy atom. The molecule has 1 aromatic carbocycles. The molecule has 0 amide bonds. The van der Waals surface area contributed by atoms with Crippen molar-refractivity contribution in [1.29, 1.82) is 0 Å². The van der Waals surface area contributed by atoms with E-state index in [1.165, 1.54) is 12.4 Å². The van der Waals surface area contributed by atoms with E-state index in [1.54, 1.807) is 0 Å². The summed E-state index contributed by atoms with van der Waals surface area (Å²) in [4.78, 5) is 7.90. The molecule has 0 unspecified atom stereocenters. The molecule has 0 atom stereocenters. The summed E-state index contributed by atoms with van der Waals surface area (Å²) in [5.74, 6) is 1.52. The lowest BCUT2D eigenvalue weighted by atomic mass is 10.2. The third-order valence-corrected chi connectivity index (χ3v) is 1.94. The molecule has 0 aliphatic carbocycles. The van der Waals surface area contributed by atoms with Crippen LogP contribution >= 0.6 is 0 Å². The monoisotopic (exact) mass is 201 g/mol. The molecule has 15 heavy (non-hydrogen) atoms. The molecule has 4 heteroatoms. The topological polar surface area (TPSA) is 61.0 Å². The lowest BCUT2D eigenvalue weighted by molar-refractivity contribution is 0.457. The molecule has 1 aromatic heterocycles. The molecule has 76 valence electrons. The van der Waals surface area contributed by atoms with Gasteiger partial charge in [0.25, 0.3) is 0 Å². The van der Waals surface area contributed by atoms with Gasteiger partial charge in [-0.1, -0.05) is 18.2 Å². The van der Waals surface area contributed by atoms with Crippen molar-refractivity contribution in [2.24, 2.45) is 0 Å². The second-order valence-electron chi connectivity index (χ2n) is 3.15. The quantitative estimate of drug-likeness (QED) is 0.808. The number of aryl methyl sites for hydroxylation is 1. The standard InChI is InChI=1S/C11H11N3O/c1-8-4-2-3-5-9(8)15-11-7-13-6-10(12)14-11/h2-7H,1H3,(H2,12,14). The van der Waals surface area contributed by atoms with E-state index in [-0.39, 0.29) is 0 Å². The Balaban J connectivity index is 2.26. The fourth-order valence-electron chi connectivity index (χ4n) is 1.20. The first kappa shape index (κ1) is 9.45. The molecule has 2 aromatic rings. The van der Waals surface area contributed by atoms with Crippen LogP contribution in [-0.4, -0.2) is 9.97 Å². The number of nitrogens with zero attached hydrogens (tertiary/aromatic N) is 2. The van der Waals surface area contributed by atoms with Crippen LogP contribution in [0.4, 0.5) is 5.82 Å². The van der Waals surface area contributed by atoms with E-state index in [0.29, 0.717) is 11.7 Å². The van der Waals surface area contributed by atoms with E-state index in [1.807, 2.05) is 31.2 Å².